The predicted octanol–water partition coefficient (Wildman–Crippen LogP) is 2.68. The predicted molar refractivity (Wildman–Crippen MR) is 92.0 cm³/mol. The van der Waals surface area contributed by atoms with Gasteiger partial charge in [-0.15, -0.1) is 11.3 Å². The molecule has 24 heavy (non-hydrogen) atoms. The molecular weight excluding hydrogens is 322 g/mol. The number of ether oxygens (including phenoxy) is 1. The number of rotatable bonds is 5. The molecule has 0 saturated carbocycles. The molecule has 0 amide bonds. The van der Waals surface area contributed by atoms with E-state index >= 15 is 0 Å². The summed E-state index contributed by atoms with van der Waals surface area (Å²) >= 11 is 1.72. The number of fused-ring (bicyclic) bond motifs is 1. The molecule has 0 N–H and O–H groups in total. The zero-order chi connectivity index (χ0) is 16.4. The molecule has 4 rings (SSSR count). The molecule has 3 aromatic heterocycles. The van der Waals surface area contributed by atoms with E-state index in [0.29, 0.717) is 12.5 Å². The Labute approximate surface area is 144 Å². The largest absolute Gasteiger partial charge is 0.475 e. The molecule has 1 aliphatic heterocycles. The number of aromatic nitrogens is 4. The minimum absolute atomic E-state index is 0.180. The molecule has 124 valence electrons. The van der Waals surface area contributed by atoms with Crippen molar-refractivity contribution < 1.29 is 4.74 Å². The van der Waals surface area contributed by atoms with Crippen LogP contribution in [-0.2, 0) is 13.1 Å². The molecule has 0 fully saturated rings. The van der Waals surface area contributed by atoms with Crippen molar-refractivity contribution in [2.24, 2.45) is 0 Å². The third-order valence-electron chi connectivity index (χ3n) is 4.23. The van der Waals surface area contributed by atoms with Gasteiger partial charge < -0.3 is 4.74 Å². The van der Waals surface area contributed by atoms with Gasteiger partial charge in [-0.2, -0.15) is 5.10 Å². The first-order chi connectivity index (χ1) is 11.8. The Balaban J connectivity index is 1.48. The number of nitrogens with zero attached hydrogens (tertiary/aromatic N) is 5. The van der Waals surface area contributed by atoms with E-state index < -0.39 is 0 Å². The first kappa shape index (κ1) is 15.3. The second-order valence-corrected chi connectivity index (χ2v) is 6.87. The molecule has 1 atom stereocenters. The second-order valence-electron chi connectivity index (χ2n) is 5.93. The molecule has 4 heterocycles. The summed E-state index contributed by atoms with van der Waals surface area (Å²) in [4.78, 5) is 12.3. The van der Waals surface area contributed by atoms with Gasteiger partial charge >= 0.3 is 0 Å². The van der Waals surface area contributed by atoms with Gasteiger partial charge in [0.1, 0.15) is 6.61 Å². The van der Waals surface area contributed by atoms with E-state index in [1.54, 1.807) is 17.5 Å². The fourth-order valence-corrected chi connectivity index (χ4v) is 3.82. The van der Waals surface area contributed by atoms with Crippen LogP contribution < -0.4 is 4.74 Å². The molecule has 0 saturated heterocycles. The van der Waals surface area contributed by atoms with Crippen molar-refractivity contribution in [3.05, 3.63) is 58.4 Å². The number of pyridine rings is 1. The molecule has 7 heteroatoms. The summed E-state index contributed by atoms with van der Waals surface area (Å²) in [5.41, 5.74) is 4.26. The van der Waals surface area contributed by atoms with Gasteiger partial charge in [0.25, 0.3) is 0 Å². The van der Waals surface area contributed by atoms with Crippen molar-refractivity contribution in [2.45, 2.75) is 26.1 Å². The summed E-state index contributed by atoms with van der Waals surface area (Å²) in [7, 11) is 0. The van der Waals surface area contributed by atoms with Gasteiger partial charge in [-0.1, -0.05) is 6.07 Å². The minimum Gasteiger partial charge on any atom is -0.475 e. The molecule has 0 aliphatic carbocycles. The fraction of sp³-hybridized carbons (Fsp3) is 0.353. The normalized spacial score (nSPS) is 17.6. The quantitative estimate of drug-likeness (QED) is 0.714. The lowest BCUT2D eigenvalue weighted by Crippen LogP contribution is -2.39. The maximum atomic E-state index is 5.87. The Morgan fingerprint density at radius 2 is 2.21 bits per heavy atom. The van der Waals surface area contributed by atoms with E-state index in [9.17, 15) is 0 Å². The van der Waals surface area contributed by atoms with Crippen LogP contribution in [0.4, 0.5) is 0 Å². The van der Waals surface area contributed by atoms with Crippen molar-refractivity contribution in [3.63, 3.8) is 0 Å². The Bertz CT molecular complexity index is 800. The lowest BCUT2D eigenvalue weighted by Gasteiger charge is -2.33. The first-order valence-corrected chi connectivity index (χ1v) is 8.85. The molecule has 3 aromatic rings. The summed E-state index contributed by atoms with van der Waals surface area (Å²) in [6.45, 7) is 5.35. The van der Waals surface area contributed by atoms with Crippen molar-refractivity contribution in [3.8, 4) is 5.88 Å². The third-order valence-corrected chi connectivity index (χ3v) is 5.15. The lowest BCUT2D eigenvalue weighted by molar-refractivity contribution is 0.126. The zero-order valence-corrected chi connectivity index (χ0v) is 14.3. The van der Waals surface area contributed by atoms with Crippen LogP contribution in [0.2, 0.25) is 0 Å². The molecule has 6 nitrogen and oxygen atoms in total. The van der Waals surface area contributed by atoms with Crippen molar-refractivity contribution in [2.75, 3.05) is 13.2 Å². The van der Waals surface area contributed by atoms with Crippen LogP contribution in [0.25, 0.3) is 0 Å². The van der Waals surface area contributed by atoms with Gasteiger partial charge in [0.2, 0.25) is 5.88 Å². The number of hydrogen-bond donors (Lipinski definition) is 0. The molecule has 0 bridgehead atoms. The van der Waals surface area contributed by atoms with Crippen LogP contribution in [0.3, 0.4) is 0 Å². The SMILES string of the molecule is Cc1ncsc1CN1Cc2ccnn2[C@@H](COc2ccccn2)C1. The van der Waals surface area contributed by atoms with Crippen LogP contribution in [-0.4, -0.2) is 37.8 Å². The molecular formula is C17H19N5OS. The molecule has 0 spiro atoms. The van der Waals surface area contributed by atoms with E-state index in [4.69, 9.17) is 4.74 Å². The minimum atomic E-state index is 0.180. The third kappa shape index (κ3) is 3.18. The highest BCUT2D eigenvalue weighted by atomic mass is 32.1. The lowest BCUT2D eigenvalue weighted by atomic mass is 10.2. The van der Waals surface area contributed by atoms with Gasteiger partial charge in [0.05, 0.1) is 22.9 Å². The number of aryl methyl sites for hydroxylation is 1. The molecule has 0 unspecified atom stereocenters. The van der Waals surface area contributed by atoms with Gasteiger partial charge in [0.15, 0.2) is 0 Å². The smallest absolute Gasteiger partial charge is 0.213 e. The Morgan fingerprint density at radius 1 is 1.25 bits per heavy atom. The number of thiazole rings is 1. The molecule has 0 radical (unpaired) electrons. The van der Waals surface area contributed by atoms with Gasteiger partial charge in [-0.3, -0.25) is 9.58 Å². The van der Waals surface area contributed by atoms with E-state index in [2.05, 4.69) is 37.6 Å². The maximum absolute atomic E-state index is 5.87. The zero-order valence-electron chi connectivity index (χ0n) is 13.5. The van der Waals surface area contributed by atoms with E-state index in [1.165, 1.54) is 10.6 Å². The van der Waals surface area contributed by atoms with Gasteiger partial charge in [0, 0.05) is 43.0 Å². The highest BCUT2D eigenvalue weighted by Crippen LogP contribution is 2.24. The second kappa shape index (κ2) is 6.70. The van der Waals surface area contributed by atoms with Crippen LogP contribution in [0.15, 0.2) is 42.2 Å². The monoisotopic (exact) mass is 341 g/mol. The summed E-state index contributed by atoms with van der Waals surface area (Å²) in [6.07, 6.45) is 3.61. The summed E-state index contributed by atoms with van der Waals surface area (Å²) in [5.74, 6) is 0.654. The Kier molecular flexibility index (Phi) is 4.27. The highest BCUT2D eigenvalue weighted by molar-refractivity contribution is 7.09. The van der Waals surface area contributed by atoms with E-state index in [1.807, 2.05) is 29.9 Å². The average Bonchev–Trinajstić information content (AvgIpc) is 3.23. The Hall–Kier alpha value is -2.25. The first-order valence-electron chi connectivity index (χ1n) is 7.97. The summed E-state index contributed by atoms with van der Waals surface area (Å²) in [6, 6.07) is 7.96. The van der Waals surface area contributed by atoms with Crippen LogP contribution in [0, 0.1) is 6.92 Å². The van der Waals surface area contributed by atoms with Crippen molar-refractivity contribution in [1.82, 2.24) is 24.6 Å². The van der Waals surface area contributed by atoms with Crippen LogP contribution >= 0.6 is 11.3 Å². The van der Waals surface area contributed by atoms with Gasteiger partial charge in [-0.25, -0.2) is 9.97 Å². The van der Waals surface area contributed by atoms with Crippen LogP contribution in [0.5, 0.6) is 5.88 Å². The summed E-state index contributed by atoms with van der Waals surface area (Å²) < 4.78 is 7.95. The number of hydrogen-bond acceptors (Lipinski definition) is 6. The average molecular weight is 341 g/mol. The van der Waals surface area contributed by atoms with E-state index in [-0.39, 0.29) is 6.04 Å². The van der Waals surface area contributed by atoms with E-state index in [0.717, 1.165) is 25.3 Å². The summed E-state index contributed by atoms with van der Waals surface area (Å²) in [5, 5.41) is 4.48. The maximum Gasteiger partial charge on any atom is 0.213 e. The van der Waals surface area contributed by atoms with Crippen molar-refractivity contribution in [1.29, 1.82) is 0 Å². The molecule has 1 aliphatic rings. The topological polar surface area (TPSA) is 56.1 Å². The standard InChI is InChI=1S/C17H19N5OS/c1-13-16(24-12-19-13)10-21-8-14-5-7-20-22(14)15(9-21)11-23-17-4-2-3-6-18-17/h2-7,12,15H,8-11H2,1H3/t15-/m1/s1. The fourth-order valence-electron chi connectivity index (χ4n) is 3.00. The highest BCUT2D eigenvalue weighted by Gasteiger charge is 2.26. The van der Waals surface area contributed by atoms with Gasteiger partial charge in [-0.05, 0) is 19.1 Å². The van der Waals surface area contributed by atoms with Crippen molar-refractivity contribution >= 4 is 11.3 Å². The Morgan fingerprint density at radius 3 is 3.00 bits per heavy atom. The molecule has 0 aromatic carbocycles. The van der Waals surface area contributed by atoms with Crippen LogP contribution in [0.1, 0.15) is 22.3 Å².